The molecule has 1 aliphatic heterocycles. The van der Waals surface area contributed by atoms with Crippen LogP contribution in [0.15, 0.2) is 24.3 Å². The van der Waals surface area contributed by atoms with E-state index in [2.05, 4.69) is 48.0 Å². The van der Waals surface area contributed by atoms with Crippen molar-refractivity contribution in [3.63, 3.8) is 0 Å². The molecule has 1 fully saturated rings. The molecular weight excluding hydrogens is 232 g/mol. The van der Waals surface area contributed by atoms with E-state index in [0.29, 0.717) is 0 Å². The second-order valence-electron chi connectivity index (χ2n) is 5.90. The molecule has 1 aliphatic rings. The average molecular weight is 256 g/mol. The number of fused-ring (bicyclic) bond motifs is 1. The summed E-state index contributed by atoms with van der Waals surface area (Å²) in [5.74, 6) is 0. The van der Waals surface area contributed by atoms with Crippen LogP contribution in [-0.4, -0.2) is 29.0 Å². The van der Waals surface area contributed by atoms with Crippen molar-refractivity contribution in [2.24, 2.45) is 0 Å². The van der Waals surface area contributed by atoms with E-state index in [1.807, 2.05) is 0 Å². The van der Waals surface area contributed by atoms with Crippen LogP contribution in [0.4, 0.5) is 0 Å². The molecule has 1 aromatic carbocycles. The van der Waals surface area contributed by atoms with Gasteiger partial charge in [-0.2, -0.15) is 0 Å². The summed E-state index contributed by atoms with van der Waals surface area (Å²) in [4.78, 5) is 6.16. The van der Waals surface area contributed by atoms with E-state index in [1.54, 1.807) is 0 Å². The van der Waals surface area contributed by atoms with Crippen LogP contribution < -0.4 is 0 Å². The zero-order chi connectivity index (χ0) is 13.2. The molecule has 1 saturated heterocycles. The fraction of sp³-hybridized carbons (Fsp3) is 0.529. The largest absolute Gasteiger partial charge is 0.358 e. The number of aryl methyl sites for hydroxylation is 1. The summed E-state index contributed by atoms with van der Waals surface area (Å²) >= 11 is 0. The number of para-hydroxylation sites is 1. The van der Waals surface area contributed by atoms with Gasteiger partial charge in [0.05, 0.1) is 0 Å². The summed E-state index contributed by atoms with van der Waals surface area (Å²) in [6.07, 6.45) is 5.31. The van der Waals surface area contributed by atoms with Gasteiger partial charge in [-0.25, -0.2) is 0 Å². The number of H-pyrrole nitrogens is 1. The Morgan fingerprint density at radius 3 is 2.95 bits per heavy atom. The number of aromatic nitrogens is 1. The zero-order valence-corrected chi connectivity index (χ0v) is 12.1. The third-order valence-corrected chi connectivity index (χ3v) is 4.62. The lowest BCUT2D eigenvalue weighted by Gasteiger charge is -2.33. The van der Waals surface area contributed by atoms with Crippen LogP contribution in [0.5, 0.6) is 0 Å². The van der Waals surface area contributed by atoms with E-state index >= 15 is 0 Å². The molecule has 2 nitrogen and oxygen atoms in total. The molecule has 102 valence electrons. The molecule has 1 N–H and O–H groups in total. The van der Waals surface area contributed by atoms with Gasteiger partial charge in [-0.15, -0.1) is 0 Å². The van der Waals surface area contributed by atoms with Gasteiger partial charge in [0.15, 0.2) is 0 Å². The maximum atomic E-state index is 3.51. The topological polar surface area (TPSA) is 19.0 Å². The van der Waals surface area contributed by atoms with Crippen molar-refractivity contribution in [3.8, 4) is 0 Å². The summed E-state index contributed by atoms with van der Waals surface area (Å²) in [6.45, 7) is 7.06. The van der Waals surface area contributed by atoms with Crippen molar-refractivity contribution in [1.82, 2.24) is 9.88 Å². The standard InChI is InChI=1S/C17H24N2/c1-13-7-5-6-11-19(13)12-10-15-14(2)18-17-9-4-3-8-16(15)17/h3-4,8-9,13,18H,5-7,10-12H2,1-2H3/t13-/m1/s1. The molecular formula is C17H24N2. The van der Waals surface area contributed by atoms with Gasteiger partial charge >= 0.3 is 0 Å². The van der Waals surface area contributed by atoms with E-state index < -0.39 is 0 Å². The fourth-order valence-corrected chi connectivity index (χ4v) is 3.40. The molecule has 2 aromatic rings. The van der Waals surface area contributed by atoms with Crippen LogP contribution in [0.3, 0.4) is 0 Å². The number of hydrogen-bond acceptors (Lipinski definition) is 1. The van der Waals surface area contributed by atoms with Crippen molar-refractivity contribution < 1.29 is 0 Å². The Labute approximate surface area is 115 Å². The van der Waals surface area contributed by atoms with Crippen molar-refractivity contribution in [3.05, 3.63) is 35.5 Å². The minimum absolute atomic E-state index is 0.763. The maximum Gasteiger partial charge on any atom is 0.0458 e. The quantitative estimate of drug-likeness (QED) is 0.882. The number of nitrogens with one attached hydrogen (secondary N) is 1. The van der Waals surface area contributed by atoms with Crippen LogP contribution in [0.1, 0.15) is 37.4 Å². The lowest BCUT2D eigenvalue weighted by atomic mass is 10.0. The summed E-state index contributed by atoms with van der Waals surface area (Å²) in [7, 11) is 0. The number of hydrogen-bond donors (Lipinski definition) is 1. The predicted molar refractivity (Wildman–Crippen MR) is 81.6 cm³/mol. The van der Waals surface area contributed by atoms with Crippen LogP contribution in [0.2, 0.25) is 0 Å². The minimum atomic E-state index is 0.763. The summed E-state index contributed by atoms with van der Waals surface area (Å²) in [6, 6.07) is 9.43. The van der Waals surface area contributed by atoms with Crippen LogP contribution in [0, 0.1) is 6.92 Å². The molecule has 0 spiro atoms. The highest BCUT2D eigenvalue weighted by Crippen LogP contribution is 2.23. The molecule has 3 rings (SSSR count). The molecule has 0 aliphatic carbocycles. The first-order chi connectivity index (χ1) is 9.25. The minimum Gasteiger partial charge on any atom is -0.358 e. The molecule has 0 bridgehead atoms. The van der Waals surface area contributed by atoms with E-state index in [0.717, 1.165) is 6.04 Å². The van der Waals surface area contributed by atoms with Crippen molar-refractivity contribution in [2.75, 3.05) is 13.1 Å². The normalized spacial score (nSPS) is 21.1. The van der Waals surface area contributed by atoms with Crippen LogP contribution >= 0.6 is 0 Å². The van der Waals surface area contributed by atoms with Crippen molar-refractivity contribution >= 4 is 10.9 Å². The number of aromatic amines is 1. The molecule has 0 radical (unpaired) electrons. The highest BCUT2D eigenvalue weighted by molar-refractivity contribution is 5.84. The third-order valence-electron chi connectivity index (χ3n) is 4.62. The van der Waals surface area contributed by atoms with Gasteiger partial charge in [0.2, 0.25) is 0 Å². The Balaban J connectivity index is 1.76. The van der Waals surface area contributed by atoms with E-state index in [4.69, 9.17) is 0 Å². The Morgan fingerprint density at radius 2 is 2.11 bits per heavy atom. The van der Waals surface area contributed by atoms with Gasteiger partial charge in [0.1, 0.15) is 0 Å². The Morgan fingerprint density at radius 1 is 1.26 bits per heavy atom. The fourth-order valence-electron chi connectivity index (χ4n) is 3.40. The summed E-state index contributed by atoms with van der Waals surface area (Å²) < 4.78 is 0. The lowest BCUT2D eigenvalue weighted by molar-refractivity contribution is 0.163. The SMILES string of the molecule is Cc1[nH]c2ccccc2c1CCN1CCCC[C@H]1C. The van der Waals surface area contributed by atoms with Gasteiger partial charge in [-0.05, 0) is 51.3 Å². The molecule has 0 amide bonds. The average Bonchev–Trinajstić information content (AvgIpc) is 2.74. The monoisotopic (exact) mass is 256 g/mol. The third kappa shape index (κ3) is 2.55. The summed E-state index contributed by atoms with van der Waals surface area (Å²) in [5, 5.41) is 1.41. The first kappa shape index (κ1) is 12.7. The second-order valence-corrected chi connectivity index (χ2v) is 5.90. The van der Waals surface area contributed by atoms with Crippen LogP contribution in [0.25, 0.3) is 10.9 Å². The molecule has 19 heavy (non-hydrogen) atoms. The molecule has 0 unspecified atom stereocenters. The van der Waals surface area contributed by atoms with Gasteiger partial charge in [-0.1, -0.05) is 24.6 Å². The molecule has 1 atom stereocenters. The number of rotatable bonds is 3. The molecule has 2 heteroatoms. The predicted octanol–water partition coefficient (Wildman–Crippen LogP) is 3.89. The van der Waals surface area contributed by atoms with Crippen LogP contribution in [-0.2, 0) is 6.42 Å². The molecule has 1 aromatic heterocycles. The summed E-state index contributed by atoms with van der Waals surface area (Å²) in [5.41, 5.74) is 4.13. The van der Waals surface area contributed by atoms with E-state index in [1.165, 1.54) is 60.9 Å². The molecule has 2 heterocycles. The van der Waals surface area contributed by atoms with Gasteiger partial charge < -0.3 is 9.88 Å². The number of nitrogens with zero attached hydrogens (tertiary/aromatic N) is 1. The second kappa shape index (κ2) is 5.38. The number of benzene rings is 1. The number of piperidine rings is 1. The Bertz CT molecular complexity index is 555. The van der Waals surface area contributed by atoms with Crippen molar-refractivity contribution in [1.29, 1.82) is 0 Å². The van der Waals surface area contributed by atoms with E-state index in [9.17, 15) is 0 Å². The van der Waals surface area contributed by atoms with Gasteiger partial charge in [0, 0.05) is 29.2 Å². The Hall–Kier alpha value is -1.28. The first-order valence-electron chi connectivity index (χ1n) is 7.56. The van der Waals surface area contributed by atoms with E-state index in [-0.39, 0.29) is 0 Å². The zero-order valence-electron chi connectivity index (χ0n) is 12.1. The van der Waals surface area contributed by atoms with Gasteiger partial charge in [-0.3, -0.25) is 0 Å². The highest BCUT2D eigenvalue weighted by Gasteiger charge is 2.18. The van der Waals surface area contributed by atoms with Gasteiger partial charge in [0.25, 0.3) is 0 Å². The first-order valence-corrected chi connectivity index (χ1v) is 7.56. The molecule has 0 saturated carbocycles. The Kier molecular flexibility index (Phi) is 3.61. The smallest absolute Gasteiger partial charge is 0.0458 e. The number of likely N-dealkylation sites (tertiary alicyclic amines) is 1. The maximum absolute atomic E-state index is 3.51. The van der Waals surface area contributed by atoms with Crippen molar-refractivity contribution in [2.45, 2.75) is 45.6 Å². The highest BCUT2D eigenvalue weighted by atomic mass is 15.2. The lowest BCUT2D eigenvalue weighted by Crippen LogP contribution is -2.38.